The van der Waals surface area contributed by atoms with Gasteiger partial charge in [-0.2, -0.15) is 0 Å². The van der Waals surface area contributed by atoms with Crippen LogP contribution >= 0.6 is 0 Å². The second kappa shape index (κ2) is 4.84. The summed E-state index contributed by atoms with van der Waals surface area (Å²) in [4.78, 5) is 0. The second-order valence-electron chi connectivity index (χ2n) is 2.97. The molecular formula is C10H15NO2. The van der Waals surface area contributed by atoms with E-state index in [1.165, 1.54) is 0 Å². The largest absolute Gasteiger partial charge is 0.508 e. The molecular weight excluding hydrogens is 166 g/mol. The first-order chi connectivity index (χ1) is 6.22. The van der Waals surface area contributed by atoms with Crippen molar-refractivity contribution in [1.82, 2.24) is 5.32 Å². The van der Waals surface area contributed by atoms with Gasteiger partial charge in [0.2, 0.25) is 0 Å². The minimum atomic E-state index is -0.450. The summed E-state index contributed by atoms with van der Waals surface area (Å²) in [6, 6.07) is 6.92. The summed E-state index contributed by atoms with van der Waals surface area (Å²) in [6.45, 7) is 2.53. The Morgan fingerprint density at radius 1 is 1.31 bits per heavy atom. The molecule has 0 spiro atoms. The number of phenolic OH excluding ortho intramolecular Hbond substituents is 1. The van der Waals surface area contributed by atoms with Gasteiger partial charge in [0.25, 0.3) is 0 Å². The monoisotopic (exact) mass is 181 g/mol. The molecule has 1 aromatic rings. The summed E-state index contributed by atoms with van der Waals surface area (Å²) in [6.07, 6.45) is 0.242. The first-order valence-corrected chi connectivity index (χ1v) is 4.41. The standard InChI is InChI=1S/C10H15NO2/c1-2-10(13)11-7-8-3-5-9(12)6-4-8/h3-6,10-13H,2,7H2,1H3. The van der Waals surface area contributed by atoms with Gasteiger partial charge in [-0.1, -0.05) is 19.1 Å². The molecule has 72 valence electrons. The van der Waals surface area contributed by atoms with Crippen molar-refractivity contribution in [1.29, 1.82) is 0 Å². The number of benzene rings is 1. The first kappa shape index (κ1) is 10.0. The number of rotatable bonds is 4. The molecule has 3 nitrogen and oxygen atoms in total. The minimum Gasteiger partial charge on any atom is -0.508 e. The lowest BCUT2D eigenvalue weighted by Gasteiger charge is -2.09. The molecule has 0 saturated carbocycles. The van der Waals surface area contributed by atoms with E-state index < -0.39 is 6.23 Å². The Kier molecular flexibility index (Phi) is 3.73. The summed E-state index contributed by atoms with van der Waals surface area (Å²) in [5.74, 6) is 0.264. The summed E-state index contributed by atoms with van der Waals surface area (Å²) >= 11 is 0. The van der Waals surface area contributed by atoms with E-state index in [1.54, 1.807) is 12.1 Å². The van der Waals surface area contributed by atoms with Crippen LogP contribution in [0.4, 0.5) is 0 Å². The molecule has 0 radical (unpaired) electrons. The molecule has 1 atom stereocenters. The van der Waals surface area contributed by atoms with Crippen LogP contribution in [0.25, 0.3) is 0 Å². The number of hydrogen-bond acceptors (Lipinski definition) is 3. The minimum absolute atomic E-state index is 0.264. The van der Waals surface area contributed by atoms with E-state index in [1.807, 2.05) is 19.1 Å². The molecule has 1 aromatic carbocycles. The zero-order chi connectivity index (χ0) is 9.68. The van der Waals surface area contributed by atoms with Gasteiger partial charge in [0.05, 0.1) is 0 Å². The molecule has 0 aliphatic carbocycles. The third-order valence-corrected chi connectivity index (χ3v) is 1.86. The van der Waals surface area contributed by atoms with Gasteiger partial charge < -0.3 is 10.2 Å². The predicted octanol–water partition coefficient (Wildman–Crippen LogP) is 1.21. The van der Waals surface area contributed by atoms with E-state index in [2.05, 4.69) is 5.32 Å². The van der Waals surface area contributed by atoms with Gasteiger partial charge in [-0.05, 0) is 24.1 Å². The summed E-state index contributed by atoms with van der Waals surface area (Å²) in [5.41, 5.74) is 1.05. The van der Waals surface area contributed by atoms with E-state index >= 15 is 0 Å². The lowest BCUT2D eigenvalue weighted by molar-refractivity contribution is 0.131. The van der Waals surface area contributed by atoms with Crippen molar-refractivity contribution >= 4 is 0 Å². The van der Waals surface area contributed by atoms with Crippen LogP contribution in [0.1, 0.15) is 18.9 Å². The predicted molar refractivity (Wildman–Crippen MR) is 51.2 cm³/mol. The Morgan fingerprint density at radius 3 is 2.46 bits per heavy atom. The molecule has 0 aliphatic rings. The average molecular weight is 181 g/mol. The maximum Gasteiger partial charge on any atom is 0.115 e. The van der Waals surface area contributed by atoms with Crippen LogP contribution in [0.2, 0.25) is 0 Å². The maximum atomic E-state index is 9.21. The van der Waals surface area contributed by atoms with Gasteiger partial charge in [-0.15, -0.1) is 0 Å². The van der Waals surface area contributed by atoms with Crippen LogP contribution in [0.3, 0.4) is 0 Å². The summed E-state index contributed by atoms with van der Waals surface area (Å²) < 4.78 is 0. The lowest BCUT2D eigenvalue weighted by atomic mass is 10.2. The zero-order valence-corrected chi connectivity index (χ0v) is 7.70. The average Bonchev–Trinajstić information content (AvgIpc) is 2.16. The molecule has 0 heterocycles. The first-order valence-electron chi connectivity index (χ1n) is 4.41. The zero-order valence-electron chi connectivity index (χ0n) is 7.70. The van der Waals surface area contributed by atoms with Crippen molar-refractivity contribution < 1.29 is 10.2 Å². The number of aliphatic hydroxyl groups excluding tert-OH is 1. The van der Waals surface area contributed by atoms with Crippen LogP contribution in [0.5, 0.6) is 5.75 Å². The third kappa shape index (κ3) is 3.44. The molecule has 13 heavy (non-hydrogen) atoms. The summed E-state index contributed by atoms with van der Waals surface area (Å²) in [5, 5.41) is 21.2. The molecule has 3 heteroatoms. The Hall–Kier alpha value is -1.06. The molecule has 1 unspecified atom stereocenters. The fourth-order valence-corrected chi connectivity index (χ4v) is 0.994. The molecule has 3 N–H and O–H groups in total. The highest BCUT2D eigenvalue weighted by Crippen LogP contribution is 2.09. The van der Waals surface area contributed by atoms with Gasteiger partial charge in [0, 0.05) is 6.54 Å². The van der Waals surface area contributed by atoms with Gasteiger partial charge in [0.1, 0.15) is 12.0 Å². The number of aliphatic hydroxyl groups is 1. The van der Waals surface area contributed by atoms with Crippen LogP contribution in [-0.4, -0.2) is 16.4 Å². The topological polar surface area (TPSA) is 52.5 Å². The van der Waals surface area contributed by atoms with E-state index in [-0.39, 0.29) is 5.75 Å². The second-order valence-corrected chi connectivity index (χ2v) is 2.97. The van der Waals surface area contributed by atoms with E-state index in [0.29, 0.717) is 13.0 Å². The highest BCUT2D eigenvalue weighted by atomic mass is 16.3. The van der Waals surface area contributed by atoms with Crippen molar-refractivity contribution in [3.05, 3.63) is 29.8 Å². The highest BCUT2D eigenvalue weighted by Gasteiger charge is 1.98. The van der Waals surface area contributed by atoms with Crippen molar-refractivity contribution in [3.8, 4) is 5.75 Å². The molecule has 0 bridgehead atoms. The van der Waals surface area contributed by atoms with Crippen LogP contribution in [0.15, 0.2) is 24.3 Å². The number of aromatic hydroxyl groups is 1. The van der Waals surface area contributed by atoms with E-state index in [9.17, 15) is 5.11 Å². The molecule has 1 rings (SSSR count). The number of hydrogen-bond donors (Lipinski definition) is 3. The molecule has 0 amide bonds. The van der Waals surface area contributed by atoms with Crippen molar-refractivity contribution in [2.75, 3.05) is 0 Å². The third-order valence-electron chi connectivity index (χ3n) is 1.86. The molecule has 0 aromatic heterocycles. The molecule has 0 aliphatic heterocycles. The summed E-state index contributed by atoms with van der Waals surface area (Å²) in [7, 11) is 0. The maximum absolute atomic E-state index is 9.21. The lowest BCUT2D eigenvalue weighted by Crippen LogP contribution is -2.27. The molecule has 0 fully saturated rings. The normalized spacial score (nSPS) is 12.8. The Bertz CT molecular complexity index is 246. The van der Waals surface area contributed by atoms with Gasteiger partial charge in [-0.3, -0.25) is 5.32 Å². The van der Waals surface area contributed by atoms with Crippen LogP contribution < -0.4 is 5.32 Å². The SMILES string of the molecule is CCC(O)NCc1ccc(O)cc1. The number of phenols is 1. The Balaban J connectivity index is 2.41. The smallest absolute Gasteiger partial charge is 0.115 e. The van der Waals surface area contributed by atoms with Gasteiger partial charge in [0.15, 0.2) is 0 Å². The Morgan fingerprint density at radius 2 is 1.92 bits per heavy atom. The van der Waals surface area contributed by atoms with Crippen molar-refractivity contribution in [2.24, 2.45) is 0 Å². The van der Waals surface area contributed by atoms with Crippen LogP contribution in [0, 0.1) is 0 Å². The van der Waals surface area contributed by atoms with E-state index in [0.717, 1.165) is 5.56 Å². The van der Waals surface area contributed by atoms with E-state index in [4.69, 9.17) is 5.11 Å². The fourth-order valence-electron chi connectivity index (χ4n) is 0.994. The molecule has 0 saturated heterocycles. The van der Waals surface area contributed by atoms with Crippen molar-refractivity contribution in [3.63, 3.8) is 0 Å². The fraction of sp³-hybridized carbons (Fsp3) is 0.400. The quantitative estimate of drug-likeness (QED) is 0.612. The Labute approximate surface area is 78.0 Å². The van der Waals surface area contributed by atoms with Crippen molar-refractivity contribution in [2.45, 2.75) is 26.1 Å². The van der Waals surface area contributed by atoms with Crippen LogP contribution in [-0.2, 0) is 6.54 Å². The van der Waals surface area contributed by atoms with Gasteiger partial charge >= 0.3 is 0 Å². The van der Waals surface area contributed by atoms with Gasteiger partial charge in [-0.25, -0.2) is 0 Å². The number of nitrogens with one attached hydrogen (secondary N) is 1. The highest BCUT2D eigenvalue weighted by molar-refractivity contribution is 5.25.